The molecule has 534 valence electrons. The van der Waals surface area contributed by atoms with Crippen LogP contribution >= 0.6 is 23.4 Å². The van der Waals surface area contributed by atoms with Gasteiger partial charge in [-0.15, -0.1) is 11.8 Å². The molecule has 0 spiro atoms. The molecule has 97 heavy (non-hydrogen) atoms. The Morgan fingerprint density at radius 2 is 0.814 bits per heavy atom. The van der Waals surface area contributed by atoms with E-state index in [4.69, 9.17) is 40.0 Å². The molecule has 0 saturated heterocycles. The minimum atomic E-state index is -4.57. The molecule has 0 radical (unpaired) electrons. The number of aryl methyl sites for hydroxylation is 9. The van der Waals surface area contributed by atoms with Crippen molar-refractivity contribution in [2.45, 2.75) is 114 Å². The second-order valence-corrected chi connectivity index (χ2v) is 18.6. The Bertz CT molecular complexity index is 3360. The van der Waals surface area contributed by atoms with Gasteiger partial charge in [0.2, 0.25) is 52.9 Å². The monoisotopic (exact) mass is 1430 g/mol. The molecule has 0 aliphatic heterocycles. The quantitative estimate of drug-likeness (QED) is 0.0503. The van der Waals surface area contributed by atoms with Gasteiger partial charge in [0, 0.05) is 36.6 Å². The molecule has 0 atom stereocenters. The fourth-order valence-electron chi connectivity index (χ4n) is 6.11. The van der Waals surface area contributed by atoms with Gasteiger partial charge in [0.15, 0.2) is 5.69 Å². The fraction of sp³-hybridized carbons (Fsp3) is 0.464. The molecule has 8 rings (SSSR count). The first kappa shape index (κ1) is 85.3. The number of rotatable bonds is 17. The topological polar surface area (TPSA) is 336 Å². The third kappa shape index (κ3) is 36.6. The lowest BCUT2D eigenvalue weighted by atomic mass is 10.4. The van der Waals surface area contributed by atoms with Crippen molar-refractivity contribution in [1.82, 2.24) is 89.7 Å². The smallest absolute Gasteiger partial charge is 0.451 e. The number of anilines is 1. The van der Waals surface area contributed by atoms with Crippen molar-refractivity contribution in [3.8, 4) is 59.2 Å². The highest BCUT2D eigenvalue weighted by Crippen LogP contribution is 2.30. The van der Waals surface area contributed by atoms with Crippen LogP contribution in [0.1, 0.15) is 84.4 Å². The van der Waals surface area contributed by atoms with Crippen molar-refractivity contribution in [1.29, 1.82) is 0 Å². The van der Waals surface area contributed by atoms with E-state index in [0.29, 0.717) is 78.1 Å². The van der Waals surface area contributed by atoms with E-state index in [1.807, 2.05) is 67.7 Å². The molecular formula is C56H72ClF10N19O10S. The number of ether oxygens (including phenoxy) is 10. The highest BCUT2D eigenvalue weighted by atomic mass is 35.5. The first-order valence-corrected chi connectivity index (χ1v) is 29.2. The van der Waals surface area contributed by atoms with Gasteiger partial charge in [-0.1, -0.05) is 11.6 Å². The van der Waals surface area contributed by atoms with Crippen molar-refractivity contribution in [3.63, 3.8) is 0 Å². The van der Waals surface area contributed by atoms with Gasteiger partial charge in [0.25, 0.3) is 0 Å². The lowest BCUT2D eigenvalue weighted by molar-refractivity contribution is -0.145. The van der Waals surface area contributed by atoms with Crippen molar-refractivity contribution >= 4 is 29.3 Å². The van der Waals surface area contributed by atoms with Crippen molar-refractivity contribution < 1.29 is 91.3 Å². The summed E-state index contributed by atoms with van der Waals surface area (Å²) in [7, 11) is 8.88. The van der Waals surface area contributed by atoms with Crippen LogP contribution in [0.2, 0.25) is 5.15 Å². The van der Waals surface area contributed by atoms with Crippen LogP contribution in [0.5, 0.6) is 59.2 Å². The van der Waals surface area contributed by atoms with Crippen LogP contribution in [0.15, 0.2) is 41.4 Å². The number of alkyl halides is 10. The van der Waals surface area contributed by atoms with E-state index in [1.54, 1.807) is 58.2 Å². The molecule has 8 heterocycles. The first-order valence-electron chi connectivity index (χ1n) is 27.6. The van der Waals surface area contributed by atoms with Crippen LogP contribution in [0, 0.1) is 62.3 Å². The predicted molar refractivity (Wildman–Crippen MR) is 330 cm³/mol. The van der Waals surface area contributed by atoms with Crippen LogP contribution < -0.4 is 52.7 Å². The predicted octanol–water partition coefficient (Wildman–Crippen LogP) is 11.3. The zero-order chi connectivity index (χ0) is 73.6. The summed E-state index contributed by atoms with van der Waals surface area (Å²) in [5.41, 5.74) is 0.748. The molecule has 0 aliphatic carbocycles. The van der Waals surface area contributed by atoms with Crippen molar-refractivity contribution in [2.75, 3.05) is 74.0 Å². The van der Waals surface area contributed by atoms with Gasteiger partial charge < -0.3 is 52.7 Å². The van der Waals surface area contributed by atoms with Gasteiger partial charge in [0.05, 0.1) is 67.5 Å². The van der Waals surface area contributed by atoms with Gasteiger partial charge in [-0.25, -0.2) is 29.9 Å². The van der Waals surface area contributed by atoms with E-state index >= 15 is 0 Å². The summed E-state index contributed by atoms with van der Waals surface area (Å²) in [5, 5.41) is 4.28. The van der Waals surface area contributed by atoms with Crippen LogP contribution in [0.3, 0.4) is 0 Å². The summed E-state index contributed by atoms with van der Waals surface area (Å²) in [6.45, 7) is 16.4. The third-order valence-electron chi connectivity index (χ3n) is 9.63. The number of halogens is 11. The maximum Gasteiger partial charge on any atom is 0.451 e. The Labute approximate surface area is 560 Å². The summed E-state index contributed by atoms with van der Waals surface area (Å²) in [4.78, 5) is 67.7. The second-order valence-electron chi connectivity index (χ2n) is 17.4. The number of aromatic nitrogens is 18. The van der Waals surface area contributed by atoms with E-state index in [9.17, 15) is 43.9 Å². The molecule has 41 heteroatoms. The lowest BCUT2D eigenvalue weighted by Crippen LogP contribution is -2.13. The third-order valence-corrected chi connectivity index (χ3v) is 10.5. The van der Waals surface area contributed by atoms with Gasteiger partial charge in [-0.3, -0.25) is 0 Å². The largest absolute Gasteiger partial charge is 0.481 e. The van der Waals surface area contributed by atoms with Crippen LogP contribution in [-0.4, -0.2) is 172 Å². The van der Waals surface area contributed by atoms with Gasteiger partial charge in [-0.2, -0.15) is 104 Å². The number of nitrogens with one attached hydrogen (secondary N) is 1. The normalized spacial score (nSPS) is 10.3. The molecule has 0 amide bonds. The fourth-order valence-corrected chi connectivity index (χ4v) is 6.83. The number of methoxy groups -OCH3 is 5. The summed E-state index contributed by atoms with van der Waals surface area (Å²) < 4.78 is 167. The zero-order valence-electron chi connectivity index (χ0n) is 55.9. The SMILES string of the molecule is CCOc1cc(OCC)nc(C)n1.CCOc1nc(C)nc(NC)n1.COc1cc(C(F)(F)F)nc(C)n1.COc1cc(C)nc(OC)n1.COc1cc(SC)nc(C)n1.COc1nc(C)nc(C(F)(F)F)n1.Cc1cc(Cl)nc(C)n1.Cc1nc(OC(F)F)cc(OC(F)F)n1. The van der Waals surface area contributed by atoms with Crippen molar-refractivity contribution in [3.05, 3.63) is 105 Å². The molecule has 0 saturated carbocycles. The summed E-state index contributed by atoms with van der Waals surface area (Å²) in [5.74, 6) is 3.23. The Hall–Kier alpha value is -9.76. The minimum absolute atomic E-state index is 0.0104. The van der Waals surface area contributed by atoms with Crippen LogP contribution in [0.25, 0.3) is 0 Å². The highest BCUT2D eigenvalue weighted by Gasteiger charge is 2.36. The molecule has 0 aromatic carbocycles. The Balaban J connectivity index is 0.000000556. The van der Waals surface area contributed by atoms with Gasteiger partial charge in [-0.05, 0) is 95.4 Å². The van der Waals surface area contributed by atoms with Gasteiger partial charge >= 0.3 is 43.6 Å². The number of hydrogen-bond donors (Lipinski definition) is 1. The van der Waals surface area contributed by atoms with E-state index in [2.05, 4.69) is 114 Å². The molecule has 0 unspecified atom stereocenters. The first-order chi connectivity index (χ1) is 45.5. The maximum atomic E-state index is 12.1. The van der Waals surface area contributed by atoms with E-state index in [-0.39, 0.29) is 29.4 Å². The maximum absolute atomic E-state index is 12.1. The number of thioether (sulfide) groups is 1. The lowest BCUT2D eigenvalue weighted by Gasteiger charge is -2.07. The highest BCUT2D eigenvalue weighted by molar-refractivity contribution is 7.98. The number of hydrogen-bond acceptors (Lipinski definition) is 30. The summed E-state index contributed by atoms with van der Waals surface area (Å²) in [6.07, 6.45) is -7.05. The Morgan fingerprint density at radius 1 is 0.402 bits per heavy atom. The molecule has 0 bridgehead atoms. The second kappa shape index (κ2) is 44.1. The Kier molecular flexibility index (Phi) is 38.7. The van der Waals surface area contributed by atoms with Crippen LogP contribution in [-0.2, 0) is 12.4 Å². The van der Waals surface area contributed by atoms with E-state index in [0.717, 1.165) is 40.2 Å². The van der Waals surface area contributed by atoms with Crippen molar-refractivity contribution in [2.24, 2.45) is 0 Å². The summed E-state index contributed by atoms with van der Waals surface area (Å²) in [6, 6.07) is 8.86. The molecule has 1 N–H and O–H groups in total. The molecule has 0 aliphatic rings. The minimum Gasteiger partial charge on any atom is -0.481 e. The standard InChI is InChI=1S/C9H14N2O2.C7H6F4N2O2.C7H7F3N2O.C7H12N4O.C7H10N2O2.C7H10N2OS.C6H7ClN2.C6H6F3N3O/c1-4-12-8-6-9(13-5-2)11-7(3)10-8;1-3-12-4(14-6(8)9)2-5(13-3)15-7(10)11;1-4-11-5(7(8,9)10)3-6(12-4)13-2;1-4-12-7-10-5(2)9-6(8-3)11-7;1-5-4-6(10-2)9-7(8-5)11-3;1-5-8-6(10-2)4-7(9-5)11-3;1-4-3-6(7)9-5(2)8-4;1-3-10-4(6(7,8)9)12-5(11-3)13-2/h6H,4-5H2,1-3H3;2,6-7H,1H3;3H,1-2H3;4H2,1-3H3,(H,8,9,10,11);2*4H,1-3H3;3H,1-2H3;1-2H3. The summed E-state index contributed by atoms with van der Waals surface area (Å²) >= 11 is 7.18. The molecule has 29 nitrogen and oxygen atoms in total. The average Bonchev–Trinajstić information content (AvgIpc) is 0.965. The van der Waals surface area contributed by atoms with Crippen LogP contribution in [0.4, 0.5) is 49.9 Å². The average molecular weight is 1430 g/mol. The molecule has 0 fully saturated rings. The molecule has 8 aromatic rings. The molecule has 8 aromatic heterocycles. The molecular weight excluding hydrogens is 1360 g/mol. The zero-order valence-corrected chi connectivity index (χ0v) is 57.5. The Morgan fingerprint density at radius 3 is 1.26 bits per heavy atom. The van der Waals surface area contributed by atoms with E-state index < -0.39 is 48.9 Å². The number of nitrogens with zero attached hydrogens (tertiary/aromatic N) is 18. The van der Waals surface area contributed by atoms with Gasteiger partial charge in [0.1, 0.15) is 50.9 Å². The van der Waals surface area contributed by atoms with E-state index in [1.165, 1.54) is 42.1 Å².